The van der Waals surface area contributed by atoms with Gasteiger partial charge in [0.1, 0.15) is 0 Å². The minimum absolute atomic E-state index is 0.0145. The fourth-order valence-corrected chi connectivity index (χ4v) is 3.94. The molecule has 0 N–H and O–H groups in total. The fourth-order valence-electron chi connectivity index (χ4n) is 3.94. The average Bonchev–Trinajstić information content (AvgIpc) is 3.05. The first-order valence-electron chi connectivity index (χ1n) is 7.83. The Morgan fingerprint density at radius 2 is 1.48 bits per heavy atom. The maximum Gasteiger partial charge on any atom is 0.331 e. The highest BCUT2D eigenvalue weighted by molar-refractivity contribution is 5.77. The SMILES string of the molecule is CC(=O)O/N=C\[C@@H]1C(C)(C)C1(c1ccccc1)c1ccccc1. The van der Waals surface area contributed by atoms with Gasteiger partial charge in [-0.2, -0.15) is 0 Å². The molecule has 23 heavy (non-hydrogen) atoms. The van der Waals surface area contributed by atoms with Crippen LogP contribution in [0.4, 0.5) is 0 Å². The van der Waals surface area contributed by atoms with E-state index in [0.29, 0.717) is 0 Å². The van der Waals surface area contributed by atoms with Crippen LogP contribution >= 0.6 is 0 Å². The zero-order chi connectivity index (χ0) is 16.5. The van der Waals surface area contributed by atoms with Crippen LogP contribution in [0.25, 0.3) is 0 Å². The molecule has 3 heteroatoms. The number of rotatable bonds is 4. The zero-order valence-electron chi connectivity index (χ0n) is 13.7. The third-order valence-corrected chi connectivity index (χ3v) is 5.03. The number of carbonyl (C=O) groups excluding carboxylic acids is 1. The molecule has 0 bridgehead atoms. The number of oxime groups is 1. The second kappa shape index (κ2) is 5.65. The van der Waals surface area contributed by atoms with Gasteiger partial charge in [0.05, 0.1) is 0 Å². The Labute approximate surface area is 137 Å². The molecule has 1 aliphatic rings. The first-order valence-corrected chi connectivity index (χ1v) is 7.83. The second-order valence-corrected chi connectivity index (χ2v) is 6.58. The Balaban J connectivity index is 2.08. The minimum atomic E-state index is -0.398. The van der Waals surface area contributed by atoms with Gasteiger partial charge in [0, 0.05) is 24.5 Å². The van der Waals surface area contributed by atoms with E-state index in [1.54, 1.807) is 6.21 Å². The normalized spacial score (nSPS) is 21.1. The van der Waals surface area contributed by atoms with Crippen LogP contribution < -0.4 is 0 Å². The van der Waals surface area contributed by atoms with Crippen molar-refractivity contribution in [3.05, 3.63) is 71.8 Å². The van der Waals surface area contributed by atoms with E-state index in [1.807, 2.05) is 12.1 Å². The lowest BCUT2D eigenvalue weighted by Crippen LogP contribution is -2.17. The first kappa shape index (κ1) is 15.5. The van der Waals surface area contributed by atoms with E-state index in [2.05, 4.69) is 67.5 Å². The average molecular weight is 307 g/mol. The monoisotopic (exact) mass is 307 g/mol. The lowest BCUT2D eigenvalue weighted by Gasteiger charge is -2.22. The van der Waals surface area contributed by atoms with Crippen molar-refractivity contribution in [3.8, 4) is 0 Å². The van der Waals surface area contributed by atoms with E-state index < -0.39 is 5.97 Å². The fraction of sp³-hybridized carbons (Fsp3) is 0.300. The third kappa shape index (κ3) is 2.37. The lowest BCUT2D eigenvalue weighted by molar-refractivity contribution is -0.140. The first-order chi connectivity index (χ1) is 11.0. The summed E-state index contributed by atoms with van der Waals surface area (Å²) in [6.45, 7) is 5.83. The molecule has 1 atom stereocenters. The van der Waals surface area contributed by atoms with E-state index in [9.17, 15) is 4.79 Å². The molecule has 2 aromatic carbocycles. The number of hydrogen-bond donors (Lipinski definition) is 0. The highest BCUT2D eigenvalue weighted by atomic mass is 16.7. The smallest absolute Gasteiger partial charge is 0.319 e. The van der Waals surface area contributed by atoms with Gasteiger partial charge in [-0.05, 0) is 16.5 Å². The predicted octanol–water partition coefficient (Wildman–Crippen LogP) is 4.18. The predicted molar refractivity (Wildman–Crippen MR) is 91.2 cm³/mol. The van der Waals surface area contributed by atoms with Crippen LogP contribution in [-0.4, -0.2) is 12.2 Å². The topological polar surface area (TPSA) is 38.7 Å². The summed E-state index contributed by atoms with van der Waals surface area (Å²) in [6, 6.07) is 21.0. The van der Waals surface area contributed by atoms with Crippen molar-refractivity contribution in [2.75, 3.05) is 0 Å². The van der Waals surface area contributed by atoms with Gasteiger partial charge in [-0.25, -0.2) is 4.79 Å². The van der Waals surface area contributed by atoms with E-state index in [1.165, 1.54) is 18.1 Å². The molecule has 3 rings (SSSR count). The molecular formula is C20H21NO2. The van der Waals surface area contributed by atoms with Crippen LogP contribution in [0, 0.1) is 11.3 Å². The van der Waals surface area contributed by atoms with Crippen molar-refractivity contribution in [2.24, 2.45) is 16.5 Å². The molecule has 0 heterocycles. The van der Waals surface area contributed by atoms with Gasteiger partial charge in [-0.15, -0.1) is 0 Å². The van der Waals surface area contributed by atoms with Crippen LogP contribution in [0.15, 0.2) is 65.8 Å². The Bertz CT molecular complexity index is 680. The standard InChI is InChI=1S/C20H21NO2/c1-15(22)23-21-14-18-19(2,3)20(18,16-10-6-4-7-11-16)17-12-8-5-9-13-17/h4-14,18H,1-3H3/b21-14-/t18-/m1/s1. The van der Waals surface area contributed by atoms with Gasteiger partial charge < -0.3 is 4.84 Å². The van der Waals surface area contributed by atoms with Gasteiger partial charge in [0.15, 0.2) is 0 Å². The lowest BCUT2D eigenvalue weighted by atomic mass is 9.81. The van der Waals surface area contributed by atoms with E-state index in [-0.39, 0.29) is 16.7 Å². The number of benzene rings is 2. The summed E-state index contributed by atoms with van der Waals surface area (Å²) < 4.78 is 0. The number of carbonyl (C=O) groups is 1. The Kier molecular flexibility index (Phi) is 3.80. The van der Waals surface area contributed by atoms with Crippen LogP contribution in [0.3, 0.4) is 0 Å². The van der Waals surface area contributed by atoms with Gasteiger partial charge in [-0.3, -0.25) is 0 Å². The largest absolute Gasteiger partial charge is 0.331 e. The van der Waals surface area contributed by atoms with Crippen LogP contribution in [0.1, 0.15) is 31.9 Å². The van der Waals surface area contributed by atoms with Crippen molar-refractivity contribution >= 4 is 12.2 Å². The Morgan fingerprint density at radius 3 is 1.91 bits per heavy atom. The molecule has 1 saturated carbocycles. The summed E-state index contributed by atoms with van der Waals surface area (Å²) in [4.78, 5) is 15.8. The van der Waals surface area contributed by atoms with Gasteiger partial charge in [0.2, 0.25) is 0 Å². The molecular weight excluding hydrogens is 286 g/mol. The zero-order valence-corrected chi connectivity index (χ0v) is 13.7. The van der Waals surface area contributed by atoms with E-state index in [4.69, 9.17) is 4.84 Å². The third-order valence-electron chi connectivity index (χ3n) is 5.03. The van der Waals surface area contributed by atoms with Crippen LogP contribution in [0.5, 0.6) is 0 Å². The Hall–Kier alpha value is -2.42. The van der Waals surface area contributed by atoms with Crippen molar-refractivity contribution < 1.29 is 9.63 Å². The summed E-state index contributed by atoms with van der Waals surface area (Å²) in [7, 11) is 0. The summed E-state index contributed by atoms with van der Waals surface area (Å²) >= 11 is 0. The van der Waals surface area contributed by atoms with Crippen molar-refractivity contribution in [1.82, 2.24) is 0 Å². The van der Waals surface area contributed by atoms with Crippen molar-refractivity contribution in [1.29, 1.82) is 0 Å². The van der Waals surface area contributed by atoms with Crippen molar-refractivity contribution in [2.45, 2.75) is 26.2 Å². The molecule has 0 radical (unpaired) electrons. The molecule has 2 aromatic rings. The highest BCUT2D eigenvalue weighted by Crippen LogP contribution is 2.71. The maximum absolute atomic E-state index is 11.0. The number of nitrogens with zero attached hydrogens (tertiary/aromatic N) is 1. The minimum Gasteiger partial charge on any atom is -0.319 e. The summed E-state index contributed by atoms with van der Waals surface area (Å²) in [5, 5.41) is 3.90. The van der Waals surface area contributed by atoms with Gasteiger partial charge >= 0.3 is 5.97 Å². The van der Waals surface area contributed by atoms with E-state index >= 15 is 0 Å². The molecule has 118 valence electrons. The maximum atomic E-state index is 11.0. The van der Waals surface area contributed by atoms with Crippen LogP contribution in [0.2, 0.25) is 0 Å². The van der Waals surface area contributed by atoms with Gasteiger partial charge in [-0.1, -0.05) is 79.7 Å². The quantitative estimate of drug-likeness (QED) is 0.483. The highest BCUT2D eigenvalue weighted by Gasteiger charge is 2.71. The molecule has 0 spiro atoms. The Morgan fingerprint density at radius 1 is 1.00 bits per heavy atom. The second-order valence-electron chi connectivity index (χ2n) is 6.58. The summed E-state index contributed by atoms with van der Waals surface area (Å²) in [5.74, 6) is -0.233. The molecule has 0 aromatic heterocycles. The summed E-state index contributed by atoms with van der Waals surface area (Å²) in [5.41, 5.74) is 2.35. The molecule has 3 nitrogen and oxygen atoms in total. The van der Waals surface area contributed by atoms with Gasteiger partial charge in [0.25, 0.3) is 0 Å². The summed E-state index contributed by atoms with van der Waals surface area (Å²) in [6.07, 6.45) is 1.78. The van der Waals surface area contributed by atoms with E-state index in [0.717, 1.165) is 0 Å². The molecule has 1 fully saturated rings. The molecule has 1 aliphatic carbocycles. The molecule has 0 unspecified atom stereocenters. The molecule has 0 saturated heterocycles. The number of hydrogen-bond acceptors (Lipinski definition) is 3. The molecule has 0 aliphatic heterocycles. The van der Waals surface area contributed by atoms with Crippen LogP contribution in [-0.2, 0) is 15.0 Å². The van der Waals surface area contributed by atoms with Crippen molar-refractivity contribution in [3.63, 3.8) is 0 Å². The molecule has 0 amide bonds.